The van der Waals surface area contributed by atoms with E-state index in [-0.39, 0.29) is 23.4 Å². The van der Waals surface area contributed by atoms with Crippen LogP contribution in [0.2, 0.25) is 0 Å². The van der Waals surface area contributed by atoms with Crippen LogP contribution >= 0.6 is 15.9 Å². The first-order chi connectivity index (χ1) is 16.2. The van der Waals surface area contributed by atoms with E-state index in [1.807, 2.05) is 6.07 Å². The highest BCUT2D eigenvalue weighted by atomic mass is 79.9. The van der Waals surface area contributed by atoms with Gasteiger partial charge in [-0.2, -0.15) is 0 Å². The summed E-state index contributed by atoms with van der Waals surface area (Å²) in [5.41, 5.74) is 6.77. The fraction of sp³-hybridized carbons (Fsp3) is 0.125. The maximum Gasteiger partial charge on any atom is 0.287 e. The molecule has 0 aliphatic heterocycles. The first-order valence-electron chi connectivity index (χ1n) is 10.2. The zero-order chi connectivity index (χ0) is 24.7. The fourth-order valence-corrected chi connectivity index (χ4v) is 5.18. The Morgan fingerprint density at radius 3 is 2.09 bits per heavy atom. The molecule has 0 bridgehead atoms. The lowest BCUT2D eigenvalue weighted by Crippen LogP contribution is -2.47. The lowest BCUT2D eigenvalue weighted by atomic mass is 10.0. The van der Waals surface area contributed by atoms with Gasteiger partial charge < -0.3 is 11.1 Å². The van der Waals surface area contributed by atoms with E-state index in [4.69, 9.17) is 5.73 Å². The van der Waals surface area contributed by atoms with Crippen LogP contribution in [0.5, 0.6) is 0 Å². The topological polar surface area (TPSA) is 135 Å². The molecule has 0 aliphatic carbocycles. The maximum absolute atomic E-state index is 12.7. The van der Waals surface area contributed by atoms with Crippen molar-refractivity contribution in [3.05, 3.63) is 100 Å². The van der Waals surface area contributed by atoms with Crippen molar-refractivity contribution in [3.63, 3.8) is 0 Å². The Morgan fingerprint density at radius 1 is 0.853 bits per heavy atom. The molecule has 0 spiro atoms. The smallest absolute Gasteiger partial charge is 0.287 e. The zero-order valence-electron chi connectivity index (χ0n) is 17.9. The van der Waals surface area contributed by atoms with Gasteiger partial charge in [0, 0.05) is 23.0 Å². The summed E-state index contributed by atoms with van der Waals surface area (Å²) >= 11 is 3.23. The average Bonchev–Trinajstić information content (AvgIpc) is 2.83. The number of primary amides is 1. The number of hydrogen-bond acceptors (Lipinski definition) is 5. The number of Topliss-reactive ketones (excluding diaryl/α,β-unsaturated/α-hetero) is 1. The van der Waals surface area contributed by atoms with E-state index in [2.05, 4.69) is 26.0 Å². The third kappa shape index (κ3) is 6.60. The van der Waals surface area contributed by atoms with Crippen molar-refractivity contribution < 1.29 is 22.8 Å². The van der Waals surface area contributed by atoms with Crippen molar-refractivity contribution in [3.8, 4) is 0 Å². The minimum Gasteiger partial charge on any atom is -0.363 e. The number of amides is 2. The molecule has 0 heterocycles. The molecule has 8 nitrogen and oxygen atoms in total. The highest BCUT2D eigenvalue weighted by Gasteiger charge is 2.26. The van der Waals surface area contributed by atoms with E-state index in [0.717, 1.165) is 5.56 Å². The molecule has 0 aromatic heterocycles. The number of nitrogens with two attached hydrogens (primary N) is 1. The van der Waals surface area contributed by atoms with Crippen LogP contribution in [0.4, 0.5) is 0 Å². The van der Waals surface area contributed by atoms with E-state index in [1.165, 1.54) is 18.2 Å². The Bertz CT molecular complexity index is 1300. The molecule has 34 heavy (non-hydrogen) atoms. The van der Waals surface area contributed by atoms with Crippen molar-refractivity contribution in [2.24, 2.45) is 5.73 Å². The summed E-state index contributed by atoms with van der Waals surface area (Å²) in [7, 11) is -3.74. The van der Waals surface area contributed by atoms with Crippen LogP contribution in [0.3, 0.4) is 0 Å². The van der Waals surface area contributed by atoms with Gasteiger partial charge >= 0.3 is 0 Å². The molecule has 0 fully saturated rings. The van der Waals surface area contributed by atoms with Gasteiger partial charge in [0.1, 0.15) is 6.04 Å². The number of ketones is 1. The predicted octanol–water partition coefficient (Wildman–Crippen LogP) is 2.32. The molecule has 176 valence electrons. The van der Waals surface area contributed by atoms with E-state index < -0.39 is 33.7 Å². The third-order valence-corrected chi connectivity index (χ3v) is 7.37. The molecular weight excluding hydrogens is 522 g/mol. The van der Waals surface area contributed by atoms with Crippen molar-refractivity contribution in [1.82, 2.24) is 10.0 Å². The van der Waals surface area contributed by atoms with Gasteiger partial charge in [-0.25, -0.2) is 13.1 Å². The highest BCUT2D eigenvalue weighted by molar-refractivity contribution is 9.10. The maximum atomic E-state index is 12.7. The number of rotatable bonds is 10. The number of halogens is 1. The molecule has 3 aromatic rings. The van der Waals surface area contributed by atoms with E-state index in [9.17, 15) is 22.8 Å². The van der Waals surface area contributed by atoms with Crippen LogP contribution in [0.1, 0.15) is 21.5 Å². The number of sulfonamides is 1. The molecule has 0 unspecified atom stereocenters. The van der Waals surface area contributed by atoms with Crippen LogP contribution in [-0.4, -0.2) is 32.1 Å². The molecule has 0 radical (unpaired) electrons. The molecule has 0 saturated heterocycles. The van der Waals surface area contributed by atoms with Crippen LogP contribution in [0.15, 0.2) is 88.2 Å². The van der Waals surface area contributed by atoms with Crippen molar-refractivity contribution in [2.45, 2.75) is 23.9 Å². The Labute approximate surface area is 205 Å². The van der Waals surface area contributed by atoms with Gasteiger partial charge in [0.25, 0.3) is 11.8 Å². The summed E-state index contributed by atoms with van der Waals surface area (Å²) in [5, 5.41) is 2.56. The van der Waals surface area contributed by atoms with E-state index in [0.29, 0.717) is 10.0 Å². The Kier molecular flexibility index (Phi) is 8.32. The second-order valence-electron chi connectivity index (χ2n) is 7.40. The van der Waals surface area contributed by atoms with Gasteiger partial charge in [0.15, 0.2) is 0 Å². The minimum atomic E-state index is -3.74. The molecular formula is C24H22BrN3O5S. The van der Waals surface area contributed by atoms with Gasteiger partial charge in [-0.3, -0.25) is 14.4 Å². The lowest BCUT2D eigenvalue weighted by molar-refractivity contribution is -0.137. The summed E-state index contributed by atoms with van der Waals surface area (Å²) < 4.78 is 28.0. The molecule has 10 heteroatoms. The Hall–Kier alpha value is -3.34. The first-order valence-corrected chi connectivity index (χ1v) is 12.5. The largest absolute Gasteiger partial charge is 0.363 e. The van der Waals surface area contributed by atoms with Gasteiger partial charge in [-0.15, -0.1) is 0 Å². The second kappa shape index (κ2) is 11.2. The SMILES string of the molecule is NC(=O)C(=O)[C@H](Cc1ccccc1)NC(=O)c1ccc(CNS(=O)(=O)c2ccccc2Br)cc1. The molecule has 1 atom stereocenters. The monoisotopic (exact) mass is 543 g/mol. The fourth-order valence-electron chi connectivity index (χ4n) is 3.17. The molecule has 3 aromatic carbocycles. The standard InChI is InChI=1S/C24H22BrN3O5S/c25-19-8-4-5-9-21(19)34(32,33)27-15-17-10-12-18(13-11-17)24(31)28-20(22(29)23(26)30)14-16-6-2-1-3-7-16/h1-13,20,27H,14-15H2,(H2,26,30)(H,28,31)/t20-/m0/s1. The number of hydrogen-bond donors (Lipinski definition) is 3. The van der Waals surface area contributed by atoms with Crippen molar-refractivity contribution in [2.75, 3.05) is 0 Å². The van der Waals surface area contributed by atoms with Crippen LogP contribution < -0.4 is 15.8 Å². The minimum absolute atomic E-state index is 0.0162. The summed E-state index contributed by atoms with van der Waals surface area (Å²) in [6, 6.07) is 20.5. The first kappa shape index (κ1) is 25.3. The highest BCUT2D eigenvalue weighted by Crippen LogP contribution is 2.21. The van der Waals surface area contributed by atoms with Gasteiger partial charge in [-0.1, -0.05) is 54.6 Å². The number of carbonyl (C=O) groups is 3. The number of benzene rings is 3. The van der Waals surface area contributed by atoms with Gasteiger partial charge in [-0.05, 0) is 51.3 Å². The van der Waals surface area contributed by atoms with Crippen LogP contribution in [0, 0.1) is 0 Å². The summed E-state index contributed by atoms with van der Waals surface area (Å²) in [5.74, 6) is -2.58. The molecule has 3 rings (SSSR count). The average molecular weight is 544 g/mol. The van der Waals surface area contributed by atoms with Crippen molar-refractivity contribution >= 4 is 43.6 Å². The van der Waals surface area contributed by atoms with Gasteiger partial charge in [0.2, 0.25) is 15.8 Å². The summed E-state index contributed by atoms with van der Waals surface area (Å²) in [6.07, 6.45) is 0.114. The summed E-state index contributed by atoms with van der Waals surface area (Å²) in [6.45, 7) is 0.0162. The molecule has 2 amide bonds. The number of nitrogens with one attached hydrogen (secondary N) is 2. The lowest BCUT2D eigenvalue weighted by Gasteiger charge is -2.16. The Balaban J connectivity index is 1.67. The van der Waals surface area contributed by atoms with E-state index in [1.54, 1.807) is 54.6 Å². The molecule has 0 saturated carbocycles. The molecule has 0 aliphatic rings. The summed E-state index contributed by atoms with van der Waals surface area (Å²) in [4.78, 5) is 36.5. The van der Waals surface area contributed by atoms with Crippen LogP contribution in [0.25, 0.3) is 0 Å². The predicted molar refractivity (Wildman–Crippen MR) is 130 cm³/mol. The zero-order valence-corrected chi connectivity index (χ0v) is 20.3. The Morgan fingerprint density at radius 2 is 1.47 bits per heavy atom. The second-order valence-corrected chi connectivity index (χ2v) is 9.99. The van der Waals surface area contributed by atoms with E-state index >= 15 is 0 Å². The van der Waals surface area contributed by atoms with Crippen molar-refractivity contribution in [1.29, 1.82) is 0 Å². The normalized spacial score (nSPS) is 12.0. The molecule has 4 N–H and O–H groups in total. The third-order valence-electron chi connectivity index (χ3n) is 4.96. The van der Waals surface area contributed by atoms with Gasteiger partial charge in [0.05, 0.1) is 4.90 Å². The quantitative estimate of drug-likeness (QED) is 0.337. The van der Waals surface area contributed by atoms with Crippen LogP contribution in [-0.2, 0) is 32.6 Å². The number of carbonyl (C=O) groups excluding carboxylic acids is 3.